The van der Waals surface area contributed by atoms with Gasteiger partial charge in [0.05, 0.1) is 12.0 Å². The minimum absolute atomic E-state index is 0.494. The standard InChI is InChI=1S/C15H16N4/c1-10(2)11-4-5-16-13(6-11)12-7-14-15(17-8-12)19(3)9-18-14/h4-10H,1-3H3. The molecule has 0 aromatic carbocycles. The first kappa shape index (κ1) is 11.8. The summed E-state index contributed by atoms with van der Waals surface area (Å²) in [6.07, 6.45) is 5.49. The van der Waals surface area contributed by atoms with Gasteiger partial charge in [-0.05, 0) is 29.7 Å². The number of imidazole rings is 1. The van der Waals surface area contributed by atoms with Crippen LogP contribution in [0.5, 0.6) is 0 Å². The smallest absolute Gasteiger partial charge is 0.159 e. The second-order valence-electron chi connectivity index (χ2n) is 5.05. The third-order valence-corrected chi connectivity index (χ3v) is 3.30. The van der Waals surface area contributed by atoms with Crippen molar-refractivity contribution in [2.45, 2.75) is 19.8 Å². The first-order valence-electron chi connectivity index (χ1n) is 6.38. The molecule has 3 heterocycles. The number of rotatable bonds is 2. The van der Waals surface area contributed by atoms with Crippen LogP contribution in [0.15, 0.2) is 36.9 Å². The molecule has 0 bridgehead atoms. The molecule has 0 atom stereocenters. The Hall–Kier alpha value is -2.23. The zero-order valence-electron chi connectivity index (χ0n) is 11.3. The highest BCUT2D eigenvalue weighted by molar-refractivity contribution is 5.77. The molecule has 0 aliphatic rings. The molecule has 96 valence electrons. The zero-order chi connectivity index (χ0) is 13.4. The van der Waals surface area contributed by atoms with Crippen molar-refractivity contribution in [2.24, 2.45) is 7.05 Å². The number of hydrogen-bond donors (Lipinski definition) is 0. The van der Waals surface area contributed by atoms with Crippen molar-refractivity contribution in [1.82, 2.24) is 19.5 Å². The molecule has 0 N–H and O–H groups in total. The molecule has 0 amide bonds. The van der Waals surface area contributed by atoms with E-state index in [1.54, 1.807) is 6.33 Å². The van der Waals surface area contributed by atoms with Crippen LogP contribution in [0.4, 0.5) is 0 Å². The molecule has 3 rings (SSSR count). The van der Waals surface area contributed by atoms with Crippen molar-refractivity contribution in [1.29, 1.82) is 0 Å². The van der Waals surface area contributed by atoms with Gasteiger partial charge < -0.3 is 4.57 Å². The van der Waals surface area contributed by atoms with Crippen LogP contribution in [0, 0.1) is 0 Å². The van der Waals surface area contributed by atoms with Crippen molar-refractivity contribution in [3.05, 3.63) is 42.5 Å². The van der Waals surface area contributed by atoms with E-state index in [0.29, 0.717) is 5.92 Å². The minimum atomic E-state index is 0.494. The second-order valence-corrected chi connectivity index (χ2v) is 5.05. The highest BCUT2D eigenvalue weighted by Crippen LogP contribution is 2.23. The van der Waals surface area contributed by atoms with Gasteiger partial charge in [0.15, 0.2) is 5.65 Å². The number of aryl methyl sites for hydroxylation is 1. The van der Waals surface area contributed by atoms with Crippen LogP contribution < -0.4 is 0 Å². The van der Waals surface area contributed by atoms with E-state index in [2.05, 4.69) is 40.9 Å². The van der Waals surface area contributed by atoms with Crippen LogP contribution in [0.1, 0.15) is 25.3 Å². The van der Waals surface area contributed by atoms with Gasteiger partial charge in [0.2, 0.25) is 0 Å². The Labute approximate surface area is 112 Å². The highest BCUT2D eigenvalue weighted by atomic mass is 15.1. The maximum Gasteiger partial charge on any atom is 0.159 e. The molecule has 3 aromatic heterocycles. The Kier molecular flexibility index (Phi) is 2.78. The summed E-state index contributed by atoms with van der Waals surface area (Å²) in [7, 11) is 1.94. The quantitative estimate of drug-likeness (QED) is 0.703. The summed E-state index contributed by atoms with van der Waals surface area (Å²) in [4.78, 5) is 13.2. The molecule has 0 aliphatic heterocycles. The van der Waals surface area contributed by atoms with Crippen molar-refractivity contribution >= 4 is 11.2 Å². The van der Waals surface area contributed by atoms with Crippen molar-refractivity contribution in [3.63, 3.8) is 0 Å². The SMILES string of the molecule is CC(C)c1ccnc(-c2cnc3c(c2)ncn3C)c1. The molecule has 0 saturated heterocycles. The van der Waals surface area contributed by atoms with Crippen LogP contribution in [-0.4, -0.2) is 19.5 Å². The second kappa shape index (κ2) is 4.46. The highest BCUT2D eigenvalue weighted by Gasteiger charge is 2.07. The van der Waals surface area contributed by atoms with Crippen molar-refractivity contribution in [2.75, 3.05) is 0 Å². The maximum atomic E-state index is 4.45. The molecule has 0 aliphatic carbocycles. The fourth-order valence-corrected chi connectivity index (χ4v) is 2.12. The fourth-order valence-electron chi connectivity index (χ4n) is 2.12. The summed E-state index contributed by atoms with van der Waals surface area (Å²) < 4.78 is 1.91. The summed E-state index contributed by atoms with van der Waals surface area (Å²) in [5.74, 6) is 0.494. The van der Waals surface area contributed by atoms with E-state index in [1.807, 2.05) is 30.1 Å². The van der Waals surface area contributed by atoms with Gasteiger partial charge in [-0.15, -0.1) is 0 Å². The molecule has 4 heteroatoms. The van der Waals surface area contributed by atoms with E-state index in [1.165, 1.54) is 5.56 Å². The molecule has 0 radical (unpaired) electrons. The van der Waals surface area contributed by atoms with Crippen LogP contribution in [-0.2, 0) is 7.05 Å². The number of aromatic nitrogens is 4. The van der Waals surface area contributed by atoms with Gasteiger partial charge in [-0.2, -0.15) is 0 Å². The average Bonchev–Trinajstić information content (AvgIpc) is 2.80. The monoisotopic (exact) mass is 252 g/mol. The molecule has 0 spiro atoms. The predicted octanol–water partition coefficient (Wildman–Crippen LogP) is 3.15. The summed E-state index contributed by atoms with van der Waals surface area (Å²) in [5.41, 5.74) is 5.03. The van der Waals surface area contributed by atoms with Crippen LogP contribution >= 0.6 is 0 Å². The van der Waals surface area contributed by atoms with Crippen LogP contribution in [0.2, 0.25) is 0 Å². The fraction of sp³-hybridized carbons (Fsp3) is 0.267. The average molecular weight is 252 g/mol. The van der Waals surface area contributed by atoms with Gasteiger partial charge in [-0.1, -0.05) is 13.8 Å². The van der Waals surface area contributed by atoms with E-state index >= 15 is 0 Å². The lowest BCUT2D eigenvalue weighted by Crippen LogP contribution is -1.92. The number of hydrogen-bond acceptors (Lipinski definition) is 3. The van der Waals surface area contributed by atoms with Gasteiger partial charge in [0, 0.05) is 25.0 Å². The lowest BCUT2D eigenvalue weighted by atomic mass is 10.0. The largest absolute Gasteiger partial charge is 0.318 e. The zero-order valence-corrected chi connectivity index (χ0v) is 11.3. The van der Waals surface area contributed by atoms with E-state index in [0.717, 1.165) is 22.4 Å². The first-order valence-corrected chi connectivity index (χ1v) is 6.38. The van der Waals surface area contributed by atoms with Gasteiger partial charge in [-0.25, -0.2) is 9.97 Å². The maximum absolute atomic E-state index is 4.45. The third kappa shape index (κ3) is 2.10. The lowest BCUT2D eigenvalue weighted by Gasteiger charge is -2.07. The number of fused-ring (bicyclic) bond motifs is 1. The molecule has 0 unspecified atom stereocenters. The minimum Gasteiger partial charge on any atom is -0.318 e. The molecule has 0 fully saturated rings. The Morgan fingerprint density at radius 2 is 1.95 bits per heavy atom. The molecule has 4 nitrogen and oxygen atoms in total. The third-order valence-electron chi connectivity index (χ3n) is 3.30. The lowest BCUT2D eigenvalue weighted by molar-refractivity contribution is 0.863. The van der Waals surface area contributed by atoms with Gasteiger partial charge >= 0.3 is 0 Å². The number of pyridine rings is 2. The van der Waals surface area contributed by atoms with Crippen molar-refractivity contribution in [3.8, 4) is 11.3 Å². The summed E-state index contributed by atoms with van der Waals surface area (Å²) in [6.45, 7) is 4.36. The van der Waals surface area contributed by atoms with Crippen LogP contribution in [0.25, 0.3) is 22.4 Å². The van der Waals surface area contributed by atoms with Gasteiger partial charge in [-0.3, -0.25) is 4.98 Å². The summed E-state index contributed by atoms with van der Waals surface area (Å²) in [6, 6.07) is 6.21. The summed E-state index contributed by atoms with van der Waals surface area (Å²) in [5, 5.41) is 0. The van der Waals surface area contributed by atoms with E-state index in [9.17, 15) is 0 Å². The van der Waals surface area contributed by atoms with Crippen molar-refractivity contribution < 1.29 is 0 Å². The van der Waals surface area contributed by atoms with Crippen LogP contribution in [0.3, 0.4) is 0 Å². The molecular formula is C15H16N4. The first-order chi connectivity index (χ1) is 9.15. The van der Waals surface area contributed by atoms with Gasteiger partial charge in [0.1, 0.15) is 5.52 Å². The molecule has 19 heavy (non-hydrogen) atoms. The predicted molar refractivity (Wildman–Crippen MR) is 75.8 cm³/mol. The van der Waals surface area contributed by atoms with E-state index in [4.69, 9.17) is 0 Å². The van der Waals surface area contributed by atoms with E-state index in [-0.39, 0.29) is 0 Å². The normalized spacial score (nSPS) is 11.4. The van der Waals surface area contributed by atoms with E-state index < -0.39 is 0 Å². The molecule has 0 saturated carbocycles. The Morgan fingerprint density at radius 3 is 2.74 bits per heavy atom. The topological polar surface area (TPSA) is 43.6 Å². The molecule has 3 aromatic rings. The van der Waals surface area contributed by atoms with Gasteiger partial charge in [0.25, 0.3) is 0 Å². The molecular weight excluding hydrogens is 236 g/mol. The number of nitrogens with zero attached hydrogens (tertiary/aromatic N) is 4. The Balaban J connectivity index is 2.10. The summed E-state index contributed by atoms with van der Waals surface area (Å²) >= 11 is 0. The Morgan fingerprint density at radius 1 is 1.11 bits per heavy atom. The Bertz CT molecular complexity index is 728.